The topological polar surface area (TPSA) is 63.7 Å². The van der Waals surface area contributed by atoms with Crippen molar-refractivity contribution in [3.63, 3.8) is 0 Å². The van der Waals surface area contributed by atoms with Crippen molar-refractivity contribution >= 4 is 58.2 Å². The molecule has 4 rings (SSSR count). The van der Waals surface area contributed by atoms with Gasteiger partial charge in [0.05, 0.1) is 27.1 Å². The predicted molar refractivity (Wildman–Crippen MR) is 131 cm³/mol. The summed E-state index contributed by atoms with van der Waals surface area (Å²) in [5, 5.41) is 0.346. The molecule has 3 aromatic rings. The van der Waals surface area contributed by atoms with Crippen molar-refractivity contribution in [3.05, 3.63) is 104 Å². The third-order valence-electron chi connectivity index (χ3n) is 4.89. The van der Waals surface area contributed by atoms with E-state index in [1.807, 2.05) is 19.1 Å². The van der Waals surface area contributed by atoms with Gasteiger partial charge in [0.2, 0.25) is 0 Å². The standard InChI is InChI=1S/C25H17Cl2NO4S/c1-15-6-9-17(10-7-15)24(30)32-21-5-3-2-4-18(21)13-22-23(29)28(25(31)33-22)14-16-8-11-19(26)20(27)12-16/h2-13H,14H2,1H3/b22-13-. The zero-order valence-electron chi connectivity index (χ0n) is 17.4. The summed E-state index contributed by atoms with van der Waals surface area (Å²) < 4.78 is 5.56. The quantitative estimate of drug-likeness (QED) is 0.221. The molecule has 3 aromatic carbocycles. The molecule has 5 nitrogen and oxygen atoms in total. The molecule has 8 heteroatoms. The minimum atomic E-state index is -0.511. The molecule has 1 aliphatic heterocycles. The summed E-state index contributed by atoms with van der Waals surface area (Å²) in [6.45, 7) is 2.00. The number of ether oxygens (including phenoxy) is 1. The maximum Gasteiger partial charge on any atom is 0.343 e. The van der Waals surface area contributed by atoms with Crippen LogP contribution in [0.1, 0.15) is 27.0 Å². The Bertz CT molecular complexity index is 1290. The van der Waals surface area contributed by atoms with Crippen LogP contribution in [0.3, 0.4) is 0 Å². The van der Waals surface area contributed by atoms with Gasteiger partial charge < -0.3 is 4.74 Å². The van der Waals surface area contributed by atoms with Gasteiger partial charge in [0.1, 0.15) is 5.75 Å². The minimum Gasteiger partial charge on any atom is -0.422 e. The summed E-state index contributed by atoms with van der Waals surface area (Å²) in [4.78, 5) is 39.3. The second-order valence-electron chi connectivity index (χ2n) is 7.31. The number of amides is 2. The Morgan fingerprint density at radius 2 is 1.73 bits per heavy atom. The molecule has 1 saturated heterocycles. The fraction of sp³-hybridized carbons (Fsp3) is 0.0800. The van der Waals surface area contributed by atoms with Crippen molar-refractivity contribution in [2.45, 2.75) is 13.5 Å². The lowest BCUT2D eigenvalue weighted by Gasteiger charge is -2.13. The van der Waals surface area contributed by atoms with E-state index in [1.54, 1.807) is 60.7 Å². The number of thioether (sulfide) groups is 1. The minimum absolute atomic E-state index is 0.0724. The number of hydrogen-bond acceptors (Lipinski definition) is 5. The van der Waals surface area contributed by atoms with E-state index in [9.17, 15) is 14.4 Å². The number of imide groups is 1. The molecule has 1 aliphatic rings. The van der Waals surface area contributed by atoms with Crippen LogP contribution in [0, 0.1) is 6.92 Å². The van der Waals surface area contributed by atoms with Crippen LogP contribution in [0.5, 0.6) is 5.75 Å². The highest BCUT2D eigenvalue weighted by atomic mass is 35.5. The second kappa shape index (κ2) is 9.83. The Labute approximate surface area is 204 Å². The molecule has 0 aliphatic carbocycles. The van der Waals surface area contributed by atoms with Crippen molar-refractivity contribution in [3.8, 4) is 5.75 Å². The van der Waals surface area contributed by atoms with Gasteiger partial charge in [0.25, 0.3) is 11.1 Å². The van der Waals surface area contributed by atoms with E-state index in [-0.39, 0.29) is 11.4 Å². The van der Waals surface area contributed by atoms with E-state index < -0.39 is 17.1 Å². The number of nitrogens with zero attached hydrogens (tertiary/aromatic N) is 1. The zero-order chi connectivity index (χ0) is 23.5. The summed E-state index contributed by atoms with van der Waals surface area (Å²) in [5.74, 6) is -0.654. The third kappa shape index (κ3) is 5.30. The average molecular weight is 498 g/mol. The van der Waals surface area contributed by atoms with Crippen LogP contribution in [0.2, 0.25) is 10.0 Å². The molecule has 0 bridgehead atoms. The van der Waals surface area contributed by atoms with Gasteiger partial charge in [0.15, 0.2) is 0 Å². The van der Waals surface area contributed by atoms with Crippen LogP contribution in [0.15, 0.2) is 71.6 Å². The van der Waals surface area contributed by atoms with Gasteiger partial charge in [-0.1, -0.05) is 65.2 Å². The number of esters is 1. The lowest BCUT2D eigenvalue weighted by Crippen LogP contribution is -2.27. The highest BCUT2D eigenvalue weighted by Crippen LogP contribution is 2.35. The smallest absolute Gasteiger partial charge is 0.343 e. The van der Waals surface area contributed by atoms with Gasteiger partial charge in [0, 0.05) is 5.56 Å². The van der Waals surface area contributed by atoms with Gasteiger partial charge in [-0.3, -0.25) is 14.5 Å². The number of halogens is 2. The van der Waals surface area contributed by atoms with E-state index >= 15 is 0 Å². The second-order valence-corrected chi connectivity index (χ2v) is 9.12. The van der Waals surface area contributed by atoms with Gasteiger partial charge in [-0.2, -0.15) is 0 Å². The van der Waals surface area contributed by atoms with Crippen molar-refractivity contribution in [1.29, 1.82) is 0 Å². The normalized spacial score (nSPS) is 14.8. The van der Waals surface area contributed by atoms with E-state index in [2.05, 4.69) is 0 Å². The zero-order valence-corrected chi connectivity index (χ0v) is 19.7. The first kappa shape index (κ1) is 23.1. The van der Waals surface area contributed by atoms with E-state index in [1.165, 1.54) is 0 Å². The predicted octanol–water partition coefficient (Wildman–Crippen LogP) is 6.76. The van der Waals surface area contributed by atoms with Gasteiger partial charge in [-0.25, -0.2) is 4.79 Å². The Morgan fingerprint density at radius 3 is 2.45 bits per heavy atom. The first-order chi connectivity index (χ1) is 15.8. The average Bonchev–Trinajstić information content (AvgIpc) is 3.05. The fourth-order valence-electron chi connectivity index (χ4n) is 3.14. The molecule has 0 N–H and O–H groups in total. The number of para-hydroxylation sites is 1. The first-order valence-corrected chi connectivity index (χ1v) is 11.5. The lowest BCUT2D eigenvalue weighted by molar-refractivity contribution is -0.123. The van der Waals surface area contributed by atoms with Crippen molar-refractivity contribution < 1.29 is 19.1 Å². The molecular formula is C25H17Cl2NO4S. The molecular weight excluding hydrogens is 481 g/mol. The van der Waals surface area contributed by atoms with Crippen LogP contribution in [0.25, 0.3) is 6.08 Å². The van der Waals surface area contributed by atoms with Gasteiger partial charge in [-0.05, 0) is 60.7 Å². The molecule has 0 saturated carbocycles. The molecule has 0 unspecified atom stereocenters. The molecule has 1 heterocycles. The molecule has 0 atom stereocenters. The highest BCUT2D eigenvalue weighted by Gasteiger charge is 2.35. The van der Waals surface area contributed by atoms with Crippen molar-refractivity contribution in [2.75, 3.05) is 0 Å². The van der Waals surface area contributed by atoms with Crippen molar-refractivity contribution in [1.82, 2.24) is 4.90 Å². The van der Waals surface area contributed by atoms with Gasteiger partial charge in [-0.15, -0.1) is 0 Å². The highest BCUT2D eigenvalue weighted by molar-refractivity contribution is 8.18. The van der Waals surface area contributed by atoms with Crippen LogP contribution in [-0.4, -0.2) is 22.0 Å². The van der Waals surface area contributed by atoms with Crippen LogP contribution in [-0.2, 0) is 11.3 Å². The number of rotatable bonds is 5. The summed E-state index contributed by atoms with van der Waals surface area (Å²) >= 11 is 12.8. The molecule has 166 valence electrons. The molecule has 2 amide bonds. The maximum absolute atomic E-state index is 12.9. The van der Waals surface area contributed by atoms with Crippen LogP contribution < -0.4 is 4.74 Å². The number of carbonyl (C=O) groups is 3. The summed E-state index contributed by atoms with van der Waals surface area (Å²) in [7, 11) is 0. The molecule has 0 radical (unpaired) electrons. The molecule has 0 spiro atoms. The SMILES string of the molecule is Cc1ccc(C(=O)Oc2ccccc2/C=C2\SC(=O)N(Cc3ccc(Cl)c(Cl)c3)C2=O)cc1. The van der Waals surface area contributed by atoms with Crippen LogP contribution >= 0.6 is 35.0 Å². The maximum atomic E-state index is 12.9. The van der Waals surface area contributed by atoms with E-state index in [4.69, 9.17) is 27.9 Å². The number of aryl methyl sites for hydroxylation is 1. The largest absolute Gasteiger partial charge is 0.422 e. The number of benzene rings is 3. The summed E-state index contributed by atoms with van der Waals surface area (Å²) in [5.41, 5.74) is 2.64. The van der Waals surface area contributed by atoms with Gasteiger partial charge >= 0.3 is 5.97 Å². The lowest BCUT2D eigenvalue weighted by atomic mass is 10.1. The van der Waals surface area contributed by atoms with Crippen molar-refractivity contribution in [2.24, 2.45) is 0 Å². The Balaban J connectivity index is 1.55. The number of carbonyl (C=O) groups excluding carboxylic acids is 3. The Kier molecular flexibility index (Phi) is 6.88. The van der Waals surface area contributed by atoms with E-state index in [0.717, 1.165) is 22.2 Å². The fourth-order valence-corrected chi connectivity index (χ4v) is 4.29. The first-order valence-electron chi connectivity index (χ1n) is 9.89. The molecule has 33 heavy (non-hydrogen) atoms. The summed E-state index contributed by atoms with van der Waals surface area (Å²) in [6.07, 6.45) is 1.55. The Morgan fingerprint density at radius 1 is 1.00 bits per heavy atom. The number of hydrogen-bond donors (Lipinski definition) is 0. The van der Waals surface area contributed by atoms with Crippen LogP contribution in [0.4, 0.5) is 4.79 Å². The summed E-state index contributed by atoms with van der Waals surface area (Å²) in [6, 6.07) is 18.8. The molecule has 1 fully saturated rings. The Hall–Kier alpha value is -3.06. The monoisotopic (exact) mass is 497 g/mol. The third-order valence-corrected chi connectivity index (χ3v) is 6.54. The van der Waals surface area contributed by atoms with E-state index in [0.29, 0.717) is 32.5 Å². The molecule has 0 aromatic heterocycles.